The highest BCUT2D eigenvalue weighted by Gasteiger charge is 2.44. The minimum Gasteiger partial charge on any atom is -0.445 e. The minimum atomic E-state index is -0.205. The van der Waals surface area contributed by atoms with E-state index in [1.807, 2.05) is 53.0 Å². The standard InChI is InChI=1S/C21H29N5O3/c1-15(22)12-28-14-17-11-25(24-23-17)20-9-18-7-8-19(10-20)26(18)21(27)29-13-16-5-3-2-4-6-16/h2-6,11,15,18-20H,7-10,12-14,22H2,1H3. The van der Waals surface area contributed by atoms with Gasteiger partial charge in [-0.05, 0) is 38.2 Å². The van der Waals surface area contributed by atoms with E-state index < -0.39 is 0 Å². The summed E-state index contributed by atoms with van der Waals surface area (Å²) in [6.45, 7) is 3.14. The molecule has 2 saturated heterocycles. The number of nitrogens with two attached hydrogens (primary N) is 1. The van der Waals surface area contributed by atoms with Crippen molar-refractivity contribution in [3.63, 3.8) is 0 Å². The number of carbonyl (C=O) groups is 1. The van der Waals surface area contributed by atoms with Gasteiger partial charge in [0.25, 0.3) is 0 Å². The maximum atomic E-state index is 12.7. The molecule has 0 saturated carbocycles. The fourth-order valence-corrected chi connectivity index (χ4v) is 4.36. The quantitative estimate of drug-likeness (QED) is 0.769. The first-order valence-electron chi connectivity index (χ1n) is 10.3. The summed E-state index contributed by atoms with van der Waals surface area (Å²) in [5.41, 5.74) is 7.51. The van der Waals surface area contributed by atoms with E-state index in [4.69, 9.17) is 15.2 Å². The molecule has 2 aliphatic rings. The van der Waals surface area contributed by atoms with Gasteiger partial charge in [-0.3, -0.25) is 0 Å². The van der Waals surface area contributed by atoms with Crippen molar-refractivity contribution >= 4 is 6.09 Å². The number of nitrogens with zero attached hydrogens (tertiary/aromatic N) is 4. The predicted octanol–water partition coefficient (Wildman–Crippen LogP) is 2.65. The number of aromatic nitrogens is 3. The summed E-state index contributed by atoms with van der Waals surface area (Å²) in [7, 11) is 0. The molecule has 8 nitrogen and oxygen atoms in total. The van der Waals surface area contributed by atoms with Crippen LogP contribution in [0.1, 0.15) is 49.9 Å². The van der Waals surface area contributed by atoms with Crippen molar-refractivity contribution in [3.05, 3.63) is 47.8 Å². The van der Waals surface area contributed by atoms with Crippen molar-refractivity contribution in [2.45, 2.75) is 70.0 Å². The van der Waals surface area contributed by atoms with Crippen molar-refractivity contribution in [2.75, 3.05) is 6.61 Å². The second-order valence-electron chi connectivity index (χ2n) is 8.14. The van der Waals surface area contributed by atoms with Crippen LogP contribution in [-0.2, 0) is 22.7 Å². The lowest BCUT2D eigenvalue weighted by Crippen LogP contribution is -2.47. The van der Waals surface area contributed by atoms with E-state index in [0.717, 1.165) is 36.9 Å². The monoisotopic (exact) mass is 399 g/mol. The third kappa shape index (κ3) is 4.76. The molecule has 1 aromatic carbocycles. The van der Waals surface area contributed by atoms with Crippen molar-refractivity contribution in [3.8, 4) is 0 Å². The molecule has 156 valence electrons. The van der Waals surface area contributed by atoms with Crippen LogP contribution in [0.15, 0.2) is 36.5 Å². The molecule has 0 aliphatic carbocycles. The molecule has 0 spiro atoms. The Labute approximate surface area is 171 Å². The molecule has 2 N–H and O–H groups in total. The van der Waals surface area contributed by atoms with Crippen molar-refractivity contribution in [2.24, 2.45) is 5.73 Å². The Morgan fingerprint density at radius 1 is 1.17 bits per heavy atom. The number of hydrogen-bond acceptors (Lipinski definition) is 6. The fraction of sp³-hybridized carbons (Fsp3) is 0.571. The van der Waals surface area contributed by atoms with Crippen LogP contribution in [0.3, 0.4) is 0 Å². The predicted molar refractivity (Wildman–Crippen MR) is 107 cm³/mol. The van der Waals surface area contributed by atoms with E-state index in [2.05, 4.69) is 10.3 Å². The summed E-state index contributed by atoms with van der Waals surface area (Å²) in [4.78, 5) is 14.6. The van der Waals surface area contributed by atoms with Crippen LogP contribution in [0.2, 0.25) is 0 Å². The molecule has 8 heteroatoms. The third-order valence-corrected chi connectivity index (χ3v) is 5.69. The molecule has 2 aromatic rings. The van der Waals surface area contributed by atoms with Crippen molar-refractivity contribution in [1.29, 1.82) is 0 Å². The van der Waals surface area contributed by atoms with Crippen molar-refractivity contribution < 1.29 is 14.3 Å². The molecule has 2 aliphatic heterocycles. The van der Waals surface area contributed by atoms with Gasteiger partial charge in [0.2, 0.25) is 0 Å². The zero-order valence-electron chi connectivity index (χ0n) is 16.8. The number of fused-ring (bicyclic) bond motifs is 2. The van der Waals surface area contributed by atoms with Gasteiger partial charge < -0.3 is 20.1 Å². The van der Waals surface area contributed by atoms with Gasteiger partial charge in [0.05, 0.1) is 25.5 Å². The largest absolute Gasteiger partial charge is 0.445 e. The van der Waals surface area contributed by atoms with Crippen LogP contribution in [0.25, 0.3) is 0 Å². The molecule has 3 heterocycles. The van der Waals surface area contributed by atoms with Gasteiger partial charge in [0.1, 0.15) is 12.3 Å². The molecule has 4 rings (SSSR count). The van der Waals surface area contributed by atoms with Gasteiger partial charge in [0.15, 0.2) is 0 Å². The highest BCUT2D eigenvalue weighted by Crippen LogP contribution is 2.41. The first-order valence-corrected chi connectivity index (χ1v) is 10.3. The lowest BCUT2D eigenvalue weighted by atomic mass is 9.98. The Morgan fingerprint density at radius 3 is 2.59 bits per heavy atom. The SMILES string of the molecule is CC(N)COCc1cn(C2CC3CCC(C2)N3C(=O)OCc2ccccc2)nn1. The lowest BCUT2D eigenvalue weighted by molar-refractivity contribution is 0.0528. The number of benzene rings is 1. The maximum Gasteiger partial charge on any atom is 0.410 e. The number of ether oxygens (including phenoxy) is 2. The van der Waals surface area contributed by atoms with Gasteiger partial charge in [-0.2, -0.15) is 0 Å². The zero-order chi connectivity index (χ0) is 20.2. The Morgan fingerprint density at radius 2 is 1.90 bits per heavy atom. The molecule has 29 heavy (non-hydrogen) atoms. The average Bonchev–Trinajstić information content (AvgIpc) is 3.29. The Bertz CT molecular complexity index is 796. The molecule has 3 atom stereocenters. The molecule has 1 amide bonds. The van der Waals surface area contributed by atoms with Crippen LogP contribution in [0.4, 0.5) is 4.79 Å². The lowest BCUT2D eigenvalue weighted by Gasteiger charge is -2.37. The second kappa shape index (κ2) is 8.92. The maximum absolute atomic E-state index is 12.7. The summed E-state index contributed by atoms with van der Waals surface area (Å²) < 4.78 is 13.1. The number of rotatable bonds is 7. The molecule has 3 unspecified atom stereocenters. The Hall–Kier alpha value is -2.45. The average molecular weight is 399 g/mol. The Kier molecular flexibility index (Phi) is 6.10. The number of amides is 1. The second-order valence-corrected chi connectivity index (χ2v) is 8.14. The van der Waals surface area contributed by atoms with E-state index in [1.54, 1.807) is 0 Å². The molecule has 1 aromatic heterocycles. The molecular formula is C21H29N5O3. The van der Waals surface area contributed by atoms with E-state index in [0.29, 0.717) is 19.8 Å². The van der Waals surface area contributed by atoms with Crippen LogP contribution >= 0.6 is 0 Å². The Balaban J connectivity index is 1.32. The van der Waals surface area contributed by atoms with Crippen LogP contribution in [-0.4, -0.2) is 50.7 Å². The van der Waals surface area contributed by atoms with E-state index in [9.17, 15) is 4.79 Å². The number of piperidine rings is 1. The first kappa shape index (κ1) is 19.8. The zero-order valence-corrected chi connectivity index (χ0v) is 16.8. The molecular weight excluding hydrogens is 370 g/mol. The molecule has 2 bridgehead atoms. The minimum absolute atomic E-state index is 0.00615. The normalized spacial score (nSPS) is 24.5. The molecule has 2 fully saturated rings. The van der Waals surface area contributed by atoms with Gasteiger partial charge in [0, 0.05) is 18.1 Å². The topological polar surface area (TPSA) is 95.5 Å². The summed E-state index contributed by atoms with van der Waals surface area (Å²) >= 11 is 0. The van der Waals surface area contributed by atoms with Gasteiger partial charge in [-0.25, -0.2) is 9.48 Å². The summed E-state index contributed by atoms with van der Waals surface area (Å²) in [6, 6.07) is 10.4. The van der Waals surface area contributed by atoms with Gasteiger partial charge >= 0.3 is 6.09 Å². The highest BCUT2D eigenvalue weighted by atomic mass is 16.6. The summed E-state index contributed by atoms with van der Waals surface area (Å²) in [5.74, 6) is 0. The third-order valence-electron chi connectivity index (χ3n) is 5.69. The number of carbonyl (C=O) groups excluding carboxylic acids is 1. The van der Waals surface area contributed by atoms with Crippen LogP contribution < -0.4 is 5.73 Å². The summed E-state index contributed by atoms with van der Waals surface area (Å²) in [5, 5.41) is 8.52. The first-order chi connectivity index (χ1) is 14.1. The summed E-state index contributed by atoms with van der Waals surface area (Å²) in [6.07, 6.45) is 5.53. The van der Waals surface area contributed by atoms with Crippen LogP contribution in [0, 0.1) is 0 Å². The van der Waals surface area contributed by atoms with Gasteiger partial charge in [-0.15, -0.1) is 5.10 Å². The van der Waals surface area contributed by atoms with E-state index >= 15 is 0 Å². The fourth-order valence-electron chi connectivity index (χ4n) is 4.36. The van der Waals surface area contributed by atoms with Crippen LogP contribution in [0.5, 0.6) is 0 Å². The van der Waals surface area contributed by atoms with E-state index in [-0.39, 0.29) is 30.3 Å². The molecule has 0 radical (unpaired) electrons. The van der Waals surface area contributed by atoms with Gasteiger partial charge in [-0.1, -0.05) is 35.5 Å². The van der Waals surface area contributed by atoms with Crippen molar-refractivity contribution in [1.82, 2.24) is 19.9 Å². The highest BCUT2D eigenvalue weighted by molar-refractivity contribution is 5.69. The smallest absolute Gasteiger partial charge is 0.410 e. The number of hydrogen-bond donors (Lipinski definition) is 1. The van der Waals surface area contributed by atoms with E-state index in [1.165, 1.54) is 0 Å².